The maximum Gasteiger partial charge on any atom is 0.231 e. The van der Waals surface area contributed by atoms with Gasteiger partial charge in [-0.1, -0.05) is 42.1 Å². The number of anilines is 1. The van der Waals surface area contributed by atoms with Crippen molar-refractivity contribution in [3.8, 4) is 11.5 Å². The fourth-order valence-corrected chi connectivity index (χ4v) is 4.28. The van der Waals surface area contributed by atoms with Crippen LogP contribution in [0.1, 0.15) is 12.0 Å². The second kappa shape index (κ2) is 7.63. The van der Waals surface area contributed by atoms with Crippen molar-refractivity contribution in [2.75, 3.05) is 12.5 Å². The fourth-order valence-electron chi connectivity index (χ4n) is 3.35. The number of hydrogen-bond acceptors (Lipinski definition) is 7. The molecule has 0 spiro atoms. The van der Waals surface area contributed by atoms with Gasteiger partial charge in [-0.3, -0.25) is 0 Å². The number of nitrogens with zero attached hydrogens (tertiary/aromatic N) is 4. The Labute approximate surface area is 171 Å². The molecule has 146 valence electrons. The maximum atomic E-state index is 6.05. The predicted molar refractivity (Wildman–Crippen MR) is 111 cm³/mol. The lowest BCUT2D eigenvalue weighted by atomic mass is 10.1. The van der Waals surface area contributed by atoms with Crippen LogP contribution in [0.5, 0.6) is 11.5 Å². The first-order valence-electron chi connectivity index (χ1n) is 9.36. The fraction of sp³-hybridized carbons (Fsp3) is 0.190. The Morgan fingerprint density at radius 1 is 1.03 bits per heavy atom. The van der Waals surface area contributed by atoms with Gasteiger partial charge < -0.3 is 19.8 Å². The molecular formula is C21H19N5O2S. The molecule has 0 atom stereocenters. The van der Waals surface area contributed by atoms with Gasteiger partial charge in [0, 0.05) is 11.4 Å². The normalized spacial score (nSPS) is 12.6. The molecule has 0 saturated heterocycles. The molecule has 3 heterocycles. The zero-order chi connectivity index (χ0) is 19.6. The largest absolute Gasteiger partial charge is 0.454 e. The van der Waals surface area contributed by atoms with E-state index in [4.69, 9.17) is 20.2 Å². The van der Waals surface area contributed by atoms with Crippen LogP contribution in [0.25, 0.3) is 11.2 Å². The topological polar surface area (TPSA) is 88.1 Å². The second-order valence-electron chi connectivity index (χ2n) is 6.68. The lowest BCUT2D eigenvalue weighted by molar-refractivity contribution is 0.174. The van der Waals surface area contributed by atoms with Gasteiger partial charge in [0.15, 0.2) is 33.6 Å². The average Bonchev–Trinajstić information content (AvgIpc) is 3.34. The van der Waals surface area contributed by atoms with E-state index in [0.717, 1.165) is 46.6 Å². The number of hydrogen-bond donors (Lipinski definition) is 1. The van der Waals surface area contributed by atoms with Gasteiger partial charge in [-0.25, -0.2) is 15.0 Å². The van der Waals surface area contributed by atoms with E-state index in [-0.39, 0.29) is 6.79 Å². The third kappa shape index (κ3) is 3.58. The van der Waals surface area contributed by atoms with Crippen molar-refractivity contribution in [1.82, 2.24) is 19.5 Å². The first-order chi connectivity index (χ1) is 14.3. The van der Waals surface area contributed by atoms with E-state index in [1.807, 2.05) is 24.3 Å². The van der Waals surface area contributed by atoms with Gasteiger partial charge in [-0.15, -0.1) is 0 Å². The molecule has 0 aliphatic carbocycles. The predicted octanol–water partition coefficient (Wildman–Crippen LogP) is 3.92. The standard InChI is InChI=1S/C21H19N5O2S/c22-19-18-20(24-12-23-19)26(10-4-7-14-5-2-1-3-6-14)21(25-18)29-15-8-9-16-17(11-15)28-13-27-16/h1-3,5-6,8-9,11-12H,4,7,10,13H2,(H2,22,23,24). The molecule has 2 aromatic heterocycles. The van der Waals surface area contributed by atoms with Crippen LogP contribution in [0.4, 0.5) is 5.82 Å². The number of aromatic nitrogens is 4. The summed E-state index contributed by atoms with van der Waals surface area (Å²) in [5.41, 5.74) is 8.76. The van der Waals surface area contributed by atoms with Crippen molar-refractivity contribution in [3.63, 3.8) is 0 Å². The lowest BCUT2D eigenvalue weighted by Gasteiger charge is -2.09. The van der Waals surface area contributed by atoms with Crippen LogP contribution in [0, 0.1) is 0 Å². The highest BCUT2D eigenvalue weighted by Gasteiger charge is 2.18. The molecule has 4 aromatic rings. The summed E-state index contributed by atoms with van der Waals surface area (Å²) in [4.78, 5) is 14.3. The Morgan fingerprint density at radius 2 is 1.90 bits per heavy atom. The van der Waals surface area contributed by atoms with Crippen LogP contribution >= 0.6 is 11.8 Å². The quantitative estimate of drug-likeness (QED) is 0.520. The molecule has 2 N–H and O–H groups in total. The van der Waals surface area contributed by atoms with Crippen LogP contribution in [0.3, 0.4) is 0 Å². The smallest absolute Gasteiger partial charge is 0.231 e. The highest BCUT2D eigenvalue weighted by Crippen LogP contribution is 2.38. The number of nitrogen functional groups attached to an aromatic ring is 1. The van der Waals surface area contributed by atoms with Crippen molar-refractivity contribution in [3.05, 3.63) is 60.4 Å². The van der Waals surface area contributed by atoms with E-state index in [2.05, 4.69) is 38.8 Å². The van der Waals surface area contributed by atoms with E-state index in [1.165, 1.54) is 11.9 Å². The SMILES string of the molecule is Nc1ncnc2c1nc(Sc1ccc3c(c1)OCO3)n2CCCc1ccccc1. The summed E-state index contributed by atoms with van der Waals surface area (Å²) in [6, 6.07) is 16.3. The first-order valence-corrected chi connectivity index (χ1v) is 10.2. The van der Waals surface area contributed by atoms with Gasteiger partial charge in [0.05, 0.1) is 0 Å². The summed E-state index contributed by atoms with van der Waals surface area (Å²) in [6.45, 7) is 1.04. The van der Waals surface area contributed by atoms with Gasteiger partial charge in [-0.05, 0) is 36.6 Å². The lowest BCUT2D eigenvalue weighted by Crippen LogP contribution is -2.03. The maximum absolute atomic E-state index is 6.05. The molecule has 8 heteroatoms. The summed E-state index contributed by atoms with van der Waals surface area (Å²) in [7, 11) is 0. The molecule has 0 saturated carbocycles. The van der Waals surface area contributed by atoms with Crippen molar-refractivity contribution in [2.45, 2.75) is 29.4 Å². The third-order valence-electron chi connectivity index (χ3n) is 4.77. The zero-order valence-corrected chi connectivity index (χ0v) is 16.4. The minimum Gasteiger partial charge on any atom is -0.454 e. The summed E-state index contributed by atoms with van der Waals surface area (Å²) >= 11 is 1.55. The van der Waals surface area contributed by atoms with Crippen LogP contribution < -0.4 is 15.2 Å². The van der Waals surface area contributed by atoms with Gasteiger partial charge in [0.2, 0.25) is 6.79 Å². The number of nitrogens with two attached hydrogens (primary N) is 1. The molecule has 2 aromatic carbocycles. The van der Waals surface area contributed by atoms with Gasteiger partial charge in [0.25, 0.3) is 0 Å². The van der Waals surface area contributed by atoms with E-state index in [9.17, 15) is 0 Å². The minimum absolute atomic E-state index is 0.258. The van der Waals surface area contributed by atoms with Crippen LogP contribution in [-0.4, -0.2) is 26.3 Å². The molecule has 0 radical (unpaired) electrons. The Bertz CT molecular complexity index is 1160. The third-order valence-corrected chi connectivity index (χ3v) is 5.75. The summed E-state index contributed by atoms with van der Waals surface area (Å²) < 4.78 is 13.0. The first kappa shape index (κ1) is 17.8. The van der Waals surface area contributed by atoms with Crippen LogP contribution in [0.15, 0.2) is 64.9 Å². The number of ether oxygens (including phenoxy) is 2. The molecule has 0 bridgehead atoms. The van der Waals surface area contributed by atoms with Gasteiger partial charge in [-0.2, -0.15) is 0 Å². The Kier molecular flexibility index (Phi) is 4.69. The molecule has 0 unspecified atom stereocenters. The average molecular weight is 405 g/mol. The summed E-state index contributed by atoms with van der Waals surface area (Å²) in [6.07, 6.45) is 3.44. The Balaban J connectivity index is 1.44. The van der Waals surface area contributed by atoms with Gasteiger partial charge in [0.1, 0.15) is 6.33 Å². The van der Waals surface area contributed by atoms with Crippen molar-refractivity contribution in [2.24, 2.45) is 0 Å². The zero-order valence-electron chi connectivity index (χ0n) is 15.6. The molecule has 1 aliphatic rings. The molecule has 29 heavy (non-hydrogen) atoms. The molecule has 1 aliphatic heterocycles. The monoisotopic (exact) mass is 405 g/mol. The highest BCUT2D eigenvalue weighted by molar-refractivity contribution is 7.99. The molecular weight excluding hydrogens is 386 g/mol. The Morgan fingerprint density at radius 3 is 2.79 bits per heavy atom. The highest BCUT2D eigenvalue weighted by atomic mass is 32.2. The van der Waals surface area contributed by atoms with E-state index in [0.29, 0.717) is 11.3 Å². The van der Waals surface area contributed by atoms with Crippen molar-refractivity contribution < 1.29 is 9.47 Å². The second-order valence-corrected chi connectivity index (χ2v) is 7.72. The van der Waals surface area contributed by atoms with Gasteiger partial charge >= 0.3 is 0 Å². The number of rotatable bonds is 6. The Hall–Kier alpha value is -3.26. The molecule has 0 fully saturated rings. The van der Waals surface area contributed by atoms with E-state index >= 15 is 0 Å². The minimum atomic E-state index is 0.258. The van der Waals surface area contributed by atoms with Crippen molar-refractivity contribution in [1.29, 1.82) is 0 Å². The molecule has 0 amide bonds. The van der Waals surface area contributed by atoms with Crippen LogP contribution in [-0.2, 0) is 13.0 Å². The van der Waals surface area contributed by atoms with E-state index in [1.54, 1.807) is 11.8 Å². The summed E-state index contributed by atoms with van der Waals surface area (Å²) in [5.74, 6) is 1.91. The molecule has 7 nitrogen and oxygen atoms in total. The number of imidazole rings is 1. The van der Waals surface area contributed by atoms with Crippen LogP contribution in [0.2, 0.25) is 0 Å². The van der Waals surface area contributed by atoms with E-state index < -0.39 is 0 Å². The molecule has 5 rings (SSSR count). The summed E-state index contributed by atoms with van der Waals surface area (Å²) in [5, 5.41) is 0.833. The number of benzene rings is 2. The van der Waals surface area contributed by atoms with Crippen molar-refractivity contribution >= 4 is 28.7 Å². The number of aryl methyl sites for hydroxylation is 2. The number of fused-ring (bicyclic) bond motifs is 2.